The van der Waals surface area contributed by atoms with E-state index in [4.69, 9.17) is 14.5 Å². The van der Waals surface area contributed by atoms with Crippen LogP contribution in [0.25, 0.3) is 0 Å². The molecule has 0 saturated carbocycles. The van der Waals surface area contributed by atoms with Gasteiger partial charge in [0.05, 0.1) is 0 Å². The highest BCUT2D eigenvalue weighted by molar-refractivity contribution is 5.69. The molecule has 0 saturated heterocycles. The molecule has 2 aromatic heterocycles. The number of aromatic nitrogens is 3. The Labute approximate surface area is 151 Å². The topological polar surface area (TPSA) is 122 Å². The lowest BCUT2D eigenvalue weighted by atomic mass is 9.96. The van der Waals surface area contributed by atoms with E-state index in [1.807, 2.05) is 26.8 Å². The Hall–Kier alpha value is -2.95. The average molecular weight is 358 g/mol. The normalized spacial score (nSPS) is 11.2. The van der Waals surface area contributed by atoms with Crippen LogP contribution in [0.1, 0.15) is 61.3 Å². The van der Waals surface area contributed by atoms with E-state index in [1.54, 1.807) is 13.8 Å². The number of esters is 1. The van der Waals surface area contributed by atoms with Gasteiger partial charge in [-0.05, 0) is 31.4 Å². The number of hydrogen-bond donors (Lipinski definition) is 1. The smallest absolute Gasteiger partial charge is 0.306 e. The monoisotopic (exact) mass is 358 g/mol. The molecule has 0 radical (unpaired) electrons. The van der Waals surface area contributed by atoms with Gasteiger partial charge in [0, 0.05) is 17.5 Å². The second-order valence-electron chi connectivity index (χ2n) is 7.09. The number of nitrogens with one attached hydrogen (secondary N) is 1. The van der Waals surface area contributed by atoms with Crippen molar-refractivity contribution in [3.8, 4) is 6.07 Å². The lowest BCUT2D eigenvalue weighted by Gasteiger charge is -2.11. The van der Waals surface area contributed by atoms with E-state index in [0.29, 0.717) is 23.5 Å². The molecule has 26 heavy (non-hydrogen) atoms. The lowest BCUT2D eigenvalue weighted by molar-refractivity contribution is -0.145. The zero-order valence-electron chi connectivity index (χ0n) is 15.6. The van der Waals surface area contributed by atoms with Gasteiger partial charge in [0.25, 0.3) is 11.4 Å². The Morgan fingerprint density at radius 2 is 2.04 bits per heavy atom. The molecule has 0 spiro atoms. The number of carbonyl (C=O) groups is 1. The molecule has 0 aliphatic carbocycles. The van der Waals surface area contributed by atoms with Gasteiger partial charge in [-0.15, -0.1) is 0 Å². The molecule has 0 aliphatic rings. The molecule has 2 aromatic rings. The minimum absolute atomic E-state index is 0.0690. The molecule has 0 fully saturated rings. The van der Waals surface area contributed by atoms with Crippen LogP contribution < -0.4 is 5.56 Å². The Balaban J connectivity index is 1.97. The first-order chi connectivity index (χ1) is 12.1. The minimum Gasteiger partial charge on any atom is -0.456 e. The van der Waals surface area contributed by atoms with Crippen molar-refractivity contribution in [3.05, 3.63) is 44.5 Å². The number of nitrogens with zero attached hydrogens (tertiary/aromatic N) is 3. The average Bonchev–Trinajstić information content (AvgIpc) is 3.02. The van der Waals surface area contributed by atoms with E-state index >= 15 is 0 Å². The van der Waals surface area contributed by atoms with Crippen LogP contribution in [0.4, 0.5) is 0 Å². The number of hydrogen-bond acceptors (Lipinski definition) is 7. The van der Waals surface area contributed by atoms with Gasteiger partial charge >= 0.3 is 5.97 Å². The fourth-order valence-electron chi connectivity index (χ4n) is 2.48. The van der Waals surface area contributed by atoms with E-state index < -0.39 is 11.5 Å². The van der Waals surface area contributed by atoms with Gasteiger partial charge in [0.1, 0.15) is 11.6 Å². The van der Waals surface area contributed by atoms with Gasteiger partial charge in [-0.2, -0.15) is 10.2 Å². The molecular formula is C18H22N4O4. The third kappa shape index (κ3) is 4.36. The third-order valence-electron chi connectivity index (χ3n) is 3.99. The number of rotatable bonds is 5. The van der Waals surface area contributed by atoms with Crippen molar-refractivity contribution in [2.75, 3.05) is 0 Å². The molecule has 0 aromatic carbocycles. The summed E-state index contributed by atoms with van der Waals surface area (Å²) < 4.78 is 10.2. The first kappa shape index (κ1) is 19.4. The van der Waals surface area contributed by atoms with E-state index in [0.717, 1.165) is 5.56 Å². The number of pyridine rings is 1. The summed E-state index contributed by atoms with van der Waals surface area (Å²) in [6.07, 6.45) is 0.470. The van der Waals surface area contributed by atoms with Crippen molar-refractivity contribution in [3.63, 3.8) is 0 Å². The van der Waals surface area contributed by atoms with Crippen molar-refractivity contribution in [1.29, 1.82) is 5.26 Å². The first-order valence-electron chi connectivity index (χ1n) is 8.24. The molecule has 2 rings (SSSR count). The SMILES string of the molecule is Cc1[nH]c(=O)c(C#N)c(C)c1CCC(=O)OCc1nc(C(C)(C)C)no1. The summed E-state index contributed by atoms with van der Waals surface area (Å²) in [5.74, 6) is 0.363. The number of nitriles is 1. The maximum absolute atomic E-state index is 12.0. The van der Waals surface area contributed by atoms with E-state index in [-0.39, 0.29) is 29.9 Å². The molecule has 138 valence electrons. The number of H-pyrrole nitrogens is 1. The predicted octanol–water partition coefficient (Wildman–Crippen LogP) is 2.22. The first-order valence-corrected chi connectivity index (χ1v) is 8.24. The highest BCUT2D eigenvalue weighted by Gasteiger charge is 2.21. The quantitative estimate of drug-likeness (QED) is 0.813. The summed E-state index contributed by atoms with van der Waals surface area (Å²) >= 11 is 0. The standard InChI is InChI=1S/C18H22N4O4/c1-10-12(11(2)20-16(24)13(10)8-19)6-7-15(23)25-9-14-21-17(22-26-14)18(3,4)5/h6-7,9H2,1-5H3,(H,20,24). The van der Waals surface area contributed by atoms with Crippen LogP contribution in [0.3, 0.4) is 0 Å². The van der Waals surface area contributed by atoms with Gasteiger partial charge in [-0.25, -0.2) is 0 Å². The van der Waals surface area contributed by atoms with Gasteiger partial charge in [0.2, 0.25) is 0 Å². The molecule has 0 amide bonds. The summed E-state index contributed by atoms with van der Waals surface area (Å²) in [7, 11) is 0. The van der Waals surface area contributed by atoms with Crippen LogP contribution in [0.15, 0.2) is 9.32 Å². The summed E-state index contributed by atoms with van der Waals surface area (Å²) in [6, 6.07) is 1.89. The second-order valence-corrected chi connectivity index (χ2v) is 7.09. The summed E-state index contributed by atoms with van der Waals surface area (Å²) in [5.41, 5.74) is 1.41. The predicted molar refractivity (Wildman–Crippen MR) is 92.4 cm³/mol. The van der Waals surface area contributed by atoms with E-state index in [2.05, 4.69) is 15.1 Å². The van der Waals surface area contributed by atoms with Gasteiger partial charge < -0.3 is 14.2 Å². The maximum atomic E-state index is 12.0. The molecule has 0 atom stereocenters. The Morgan fingerprint density at radius 3 is 2.62 bits per heavy atom. The van der Waals surface area contributed by atoms with Crippen LogP contribution in [-0.2, 0) is 28.0 Å². The van der Waals surface area contributed by atoms with Crippen molar-refractivity contribution >= 4 is 5.97 Å². The number of aromatic amines is 1. The van der Waals surface area contributed by atoms with Crippen LogP contribution >= 0.6 is 0 Å². The van der Waals surface area contributed by atoms with Crippen molar-refractivity contribution in [1.82, 2.24) is 15.1 Å². The Bertz CT molecular complexity index is 913. The molecule has 8 heteroatoms. The summed E-state index contributed by atoms with van der Waals surface area (Å²) in [6.45, 7) is 9.22. The fraction of sp³-hybridized carbons (Fsp3) is 0.500. The largest absolute Gasteiger partial charge is 0.456 e. The fourth-order valence-corrected chi connectivity index (χ4v) is 2.48. The van der Waals surface area contributed by atoms with Gasteiger partial charge in [0.15, 0.2) is 12.4 Å². The number of ether oxygens (including phenoxy) is 1. The minimum atomic E-state index is -0.427. The molecular weight excluding hydrogens is 336 g/mol. The van der Waals surface area contributed by atoms with Crippen molar-refractivity contribution < 1.29 is 14.1 Å². The maximum Gasteiger partial charge on any atom is 0.306 e. The highest BCUT2D eigenvalue weighted by Crippen LogP contribution is 2.19. The van der Waals surface area contributed by atoms with Crippen LogP contribution in [-0.4, -0.2) is 21.1 Å². The van der Waals surface area contributed by atoms with Crippen LogP contribution in [0.5, 0.6) is 0 Å². The molecule has 1 N–H and O–H groups in total. The zero-order chi connectivity index (χ0) is 19.5. The van der Waals surface area contributed by atoms with Crippen LogP contribution in [0.2, 0.25) is 0 Å². The lowest BCUT2D eigenvalue weighted by Crippen LogP contribution is -2.17. The zero-order valence-corrected chi connectivity index (χ0v) is 15.6. The Kier molecular flexibility index (Phi) is 5.60. The molecule has 0 aliphatic heterocycles. The molecule has 2 heterocycles. The van der Waals surface area contributed by atoms with Gasteiger partial charge in [-0.1, -0.05) is 25.9 Å². The van der Waals surface area contributed by atoms with Crippen molar-refractivity contribution in [2.24, 2.45) is 0 Å². The second kappa shape index (κ2) is 7.52. The van der Waals surface area contributed by atoms with E-state index in [1.165, 1.54) is 0 Å². The Morgan fingerprint density at radius 1 is 1.35 bits per heavy atom. The highest BCUT2D eigenvalue weighted by atomic mass is 16.6. The number of aryl methyl sites for hydroxylation is 1. The molecule has 0 bridgehead atoms. The molecule has 8 nitrogen and oxygen atoms in total. The summed E-state index contributed by atoms with van der Waals surface area (Å²) in [5, 5.41) is 12.9. The van der Waals surface area contributed by atoms with E-state index in [9.17, 15) is 9.59 Å². The molecule has 0 unspecified atom stereocenters. The van der Waals surface area contributed by atoms with Gasteiger partial charge in [-0.3, -0.25) is 9.59 Å². The summed E-state index contributed by atoms with van der Waals surface area (Å²) in [4.78, 5) is 30.5. The number of carbonyl (C=O) groups excluding carboxylic acids is 1. The third-order valence-corrected chi connectivity index (χ3v) is 3.99. The van der Waals surface area contributed by atoms with Crippen molar-refractivity contribution in [2.45, 2.75) is 59.5 Å². The van der Waals surface area contributed by atoms with Crippen LogP contribution in [0, 0.1) is 25.2 Å².